The molecule has 0 radical (unpaired) electrons. The average molecular weight is 424 g/mol. The van der Waals surface area contributed by atoms with E-state index in [0.29, 0.717) is 11.8 Å². The Morgan fingerprint density at radius 2 is 1.84 bits per heavy atom. The molecule has 1 aromatic heterocycles. The van der Waals surface area contributed by atoms with Gasteiger partial charge in [-0.3, -0.25) is 0 Å². The van der Waals surface area contributed by atoms with Crippen molar-refractivity contribution < 1.29 is 5.11 Å². The quantitative estimate of drug-likeness (QED) is 0.596. The lowest BCUT2D eigenvalue weighted by Gasteiger charge is -2.46. The SMILES string of the molecule is CC1(O)CC(C2NC(c3ccc4ccc(-c5ccccc5)nc4c3)=C3C(N)=NC=CN32)C1. The summed E-state index contributed by atoms with van der Waals surface area (Å²) < 4.78 is 0. The number of aliphatic imine (C=N–C) groups is 1. The molecular formula is C26H25N5O. The van der Waals surface area contributed by atoms with E-state index in [-0.39, 0.29) is 6.17 Å². The predicted molar refractivity (Wildman–Crippen MR) is 127 cm³/mol. The molecule has 3 aliphatic rings. The smallest absolute Gasteiger partial charge is 0.149 e. The summed E-state index contributed by atoms with van der Waals surface area (Å²) in [5.74, 6) is 0.825. The number of aromatic nitrogens is 1. The van der Waals surface area contributed by atoms with Crippen LogP contribution in [0.25, 0.3) is 27.9 Å². The number of nitrogens with two attached hydrogens (primary N) is 1. The highest BCUT2D eigenvalue weighted by Crippen LogP contribution is 2.44. The van der Waals surface area contributed by atoms with Crippen LogP contribution in [0.2, 0.25) is 0 Å². The fourth-order valence-corrected chi connectivity index (χ4v) is 5.13. The van der Waals surface area contributed by atoms with Crippen LogP contribution in [0.15, 0.2) is 83.8 Å². The Labute approximate surface area is 186 Å². The number of rotatable bonds is 3. The summed E-state index contributed by atoms with van der Waals surface area (Å²) >= 11 is 0. The molecule has 160 valence electrons. The molecule has 6 rings (SSSR count). The van der Waals surface area contributed by atoms with Gasteiger partial charge in [0.15, 0.2) is 0 Å². The maximum atomic E-state index is 10.3. The lowest BCUT2D eigenvalue weighted by Crippen LogP contribution is -2.53. The number of nitrogens with one attached hydrogen (secondary N) is 1. The Bertz CT molecular complexity index is 1300. The van der Waals surface area contributed by atoms with Gasteiger partial charge in [-0.2, -0.15) is 0 Å². The van der Waals surface area contributed by atoms with Crippen molar-refractivity contribution >= 4 is 22.4 Å². The molecule has 2 aromatic carbocycles. The van der Waals surface area contributed by atoms with Gasteiger partial charge in [-0.05, 0) is 31.9 Å². The number of amidine groups is 1. The summed E-state index contributed by atoms with van der Waals surface area (Å²) in [4.78, 5) is 11.4. The maximum absolute atomic E-state index is 10.3. The summed E-state index contributed by atoms with van der Waals surface area (Å²) in [7, 11) is 0. The molecule has 3 heterocycles. The van der Waals surface area contributed by atoms with Gasteiger partial charge in [0.1, 0.15) is 17.7 Å². The Kier molecular flexibility index (Phi) is 4.13. The first-order chi connectivity index (χ1) is 15.5. The van der Waals surface area contributed by atoms with Crippen molar-refractivity contribution in [3.8, 4) is 11.3 Å². The zero-order chi connectivity index (χ0) is 21.9. The molecule has 0 spiro atoms. The summed E-state index contributed by atoms with van der Waals surface area (Å²) in [6, 6.07) is 20.7. The molecule has 1 unspecified atom stereocenters. The van der Waals surface area contributed by atoms with Crippen LogP contribution in [0, 0.1) is 5.92 Å². The number of nitrogens with zero attached hydrogens (tertiary/aromatic N) is 3. The standard InChI is InChI=1S/C26H25N5O/c1-26(32)14-19(15-26)25-30-22(23-24(27)28-11-12-31(23)25)18-8-7-17-9-10-20(29-21(17)13-18)16-5-3-2-4-6-16/h2-13,19,25,30,32H,14-15H2,1H3,(H2,27,28). The molecule has 1 saturated carbocycles. The second-order valence-electron chi connectivity index (χ2n) is 9.17. The number of pyridine rings is 1. The lowest BCUT2D eigenvalue weighted by atomic mass is 9.70. The molecule has 6 heteroatoms. The first-order valence-electron chi connectivity index (χ1n) is 11.0. The topological polar surface area (TPSA) is 86.8 Å². The van der Waals surface area contributed by atoms with E-state index in [1.54, 1.807) is 6.20 Å². The molecular weight excluding hydrogens is 398 g/mol. The molecule has 0 amide bonds. The van der Waals surface area contributed by atoms with Crippen LogP contribution in [0.1, 0.15) is 25.3 Å². The van der Waals surface area contributed by atoms with E-state index < -0.39 is 5.60 Å². The van der Waals surface area contributed by atoms with Crippen LogP contribution in [-0.2, 0) is 0 Å². The van der Waals surface area contributed by atoms with Crippen molar-refractivity contribution in [2.24, 2.45) is 16.6 Å². The molecule has 3 aromatic rings. The van der Waals surface area contributed by atoms with E-state index in [1.165, 1.54) is 0 Å². The number of fused-ring (bicyclic) bond motifs is 2. The molecule has 4 N–H and O–H groups in total. The van der Waals surface area contributed by atoms with E-state index in [1.807, 2.05) is 31.3 Å². The lowest BCUT2D eigenvalue weighted by molar-refractivity contribution is -0.0778. The van der Waals surface area contributed by atoms with Crippen molar-refractivity contribution in [1.82, 2.24) is 15.2 Å². The molecule has 0 bridgehead atoms. The second-order valence-corrected chi connectivity index (χ2v) is 9.17. The van der Waals surface area contributed by atoms with Gasteiger partial charge >= 0.3 is 0 Å². The molecule has 2 aliphatic heterocycles. The summed E-state index contributed by atoms with van der Waals surface area (Å²) in [6.45, 7) is 1.90. The molecule has 1 fully saturated rings. The maximum Gasteiger partial charge on any atom is 0.149 e. The molecule has 6 nitrogen and oxygen atoms in total. The third-order valence-corrected chi connectivity index (χ3v) is 6.67. The Morgan fingerprint density at radius 3 is 2.62 bits per heavy atom. The third kappa shape index (κ3) is 3.07. The zero-order valence-electron chi connectivity index (χ0n) is 17.9. The highest BCUT2D eigenvalue weighted by atomic mass is 16.3. The van der Waals surface area contributed by atoms with Crippen LogP contribution in [0.4, 0.5) is 0 Å². The van der Waals surface area contributed by atoms with Crippen LogP contribution < -0.4 is 11.1 Å². The average Bonchev–Trinajstić information content (AvgIpc) is 3.18. The van der Waals surface area contributed by atoms with Gasteiger partial charge in [0.05, 0.1) is 22.5 Å². The van der Waals surface area contributed by atoms with E-state index in [0.717, 1.165) is 52.0 Å². The predicted octanol–water partition coefficient (Wildman–Crippen LogP) is 3.80. The monoisotopic (exact) mass is 423 g/mol. The van der Waals surface area contributed by atoms with Gasteiger partial charge in [0.2, 0.25) is 0 Å². The van der Waals surface area contributed by atoms with E-state index in [2.05, 4.69) is 57.7 Å². The first-order valence-corrected chi connectivity index (χ1v) is 11.0. The number of hydrogen-bond acceptors (Lipinski definition) is 6. The highest BCUT2D eigenvalue weighted by Gasteiger charge is 2.48. The van der Waals surface area contributed by atoms with Gasteiger partial charge in [-0.1, -0.05) is 48.5 Å². The van der Waals surface area contributed by atoms with Gasteiger partial charge in [0, 0.05) is 34.8 Å². The summed E-state index contributed by atoms with van der Waals surface area (Å²) in [5, 5.41) is 15.1. The minimum absolute atomic E-state index is 0.0461. The fourth-order valence-electron chi connectivity index (χ4n) is 5.13. The third-order valence-electron chi connectivity index (χ3n) is 6.67. The molecule has 1 aliphatic carbocycles. The molecule has 1 atom stereocenters. The molecule has 0 saturated heterocycles. The van der Waals surface area contributed by atoms with Crippen LogP contribution in [0.3, 0.4) is 0 Å². The Balaban J connectivity index is 1.40. The van der Waals surface area contributed by atoms with Crippen LogP contribution >= 0.6 is 0 Å². The van der Waals surface area contributed by atoms with Gasteiger partial charge in [0.25, 0.3) is 0 Å². The Hall–Kier alpha value is -3.64. The van der Waals surface area contributed by atoms with E-state index in [9.17, 15) is 5.11 Å². The minimum Gasteiger partial charge on any atom is -0.390 e. The van der Waals surface area contributed by atoms with Crippen LogP contribution in [0.5, 0.6) is 0 Å². The van der Waals surface area contributed by atoms with Crippen molar-refractivity contribution in [3.05, 3.63) is 84.3 Å². The number of hydrogen-bond donors (Lipinski definition) is 3. The molecule has 32 heavy (non-hydrogen) atoms. The van der Waals surface area contributed by atoms with Crippen molar-refractivity contribution in [3.63, 3.8) is 0 Å². The summed E-state index contributed by atoms with van der Waals surface area (Å²) in [5.41, 5.74) is 11.6. The van der Waals surface area contributed by atoms with E-state index in [4.69, 9.17) is 10.7 Å². The van der Waals surface area contributed by atoms with Gasteiger partial charge < -0.3 is 21.1 Å². The first kappa shape index (κ1) is 19.1. The second kappa shape index (κ2) is 6.93. The Morgan fingerprint density at radius 1 is 1.06 bits per heavy atom. The summed E-state index contributed by atoms with van der Waals surface area (Å²) in [6.07, 6.45) is 5.26. The van der Waals surface area contributed by atoms with Crippen molar-refractivity contribution in [1.29, 1.82) is 0 Å². The van der Waals surface area contributed by atoms with Crippen molar-refractivity contribution in [2.45, 2.75) is 31.5 Å². The van der Waals surface area contributed by atoms with Gasteiger partial charge in [-0.25, -0.2) is 9.98 Å². The fraction of sp³-hybridized carbons (Fsp3) is 0.231. The van der Waals surface area contributed by atoms with Gasteiger partial charge in [-0.15, -0.1) is 0 Å². The normalized spacial score (nSPS) is 26.6. The minimum atomic E-state index is -0.588. The van der Waals surface area contributed by atoms with Crippen LogP contribution in [-0.4, -0.2) is 32.6 Å². The largest absolute Gasteiger partial charge is 0.390 e. The van der Waals surface area contributed by atoms with E-state index >= 15 is 0 Å². The zero-order valence-corrected chi connectivity index (χ0v) is 17.9. The number of aliphatic hydroxyl groups is 1. The number of benzene rings is 2. The highest BCUT2D eigenvalue weighted by molar-refractivity contribution is 6.05. The van der Waals surface area contributed by atoms with Crippen molar-refractivity contribution in [2.75, 3.05) is 0 Å².